The van der Waals surface area contributed by atoms with Crippen molar-refractivity contribution >= 4 is 21.8 Å². The van der Waals surface area contributed by atoms with Gasteiger partial charge in [0.05, 0.1) is 5.41 Å². The van der Waals surface area contributed by atoms with Crippen molar-refractivity contribution in [3.63, 3.8) is 0 Å². The van der Waals surface area contributed by atoms with Crippen LogP contribution in [0.15, 0.2) is 29.2 Å². The maximum Gasteiger partial charge on any atom is 0.246 e. The minimum absolute atomic E-state index is 0.307. The molecule has 0 heterocycles. The number of nitrogens with zero attached hydrogens (tertiary/aromatic N) is 1. The summed E-state index contributed by atoms with van der Waals surface area (Å²) >= 11 is 0. The van der Waals surface area contributed by atoms with Gasteiger partial charge >= 0.3 is 0 Å². The number of nitrogens with one attached hydrogen (secondary N) is 1. The van der Waals surface area contributed by atoms with Crippen molar-refractivity contribution < 1.29 is 22.4 Å². The summed E-state index contributed by atoms with van der Waals surface area (Å²) in [4.78, 5) is 25.2. The Morgan fingerprint density at radius 3 is 2.29 bits per heavy atom. The molecule has 4 saturated carbocycles. The molecular formula is C22H30FN3O4S. The number of sulfonamides is 1. The van der Waals surface area contributed by atoms with Crippen LogP contribution in [0.3, 0.4) is 0 Å². The quantitative estimate of drug-likeness (QED) is 0.691. The Hall–Kier alpha value is -2.00. The molecule has 2 atom stereocenters. The molecule has 4 aliphatic carbocycles. The van der Waals surface area contributed by atoms with Crippen LogP contribution >= 0.6 is 0 Å². The van der Waals surface area contributed by atoms with E-state index in [1.54, 1.807) is 0 Å². The molecule has 4 bridgehead atoms. The minimum Gasteiger partial charge on any atom is -0.369 e. The summed E-state index contributed by atoms with van der Waals surface area (Å²) in [6.07, 6.45) is 4.60. The van der Waals surface area contributed by atoms with Crippen molar-refractivity contribution in [3.05, 3.63) is 30.1 Å². The number of carbonyl (C=O) groups is 2. The second-order valence-electron chi connectivity index (χ2n) is 10.3. The highest BCUT2D eigenvalue weighted by atomic mass is 32.2. The van der Waals surface area contributed by atoms with Crippen molar-refractivity contribution in [2.75, 3.05) is 7.05 Å². The molecule has 4 aliphatic rings. The van der Waals surface area contributed by atoms with Gasteiger partial charge in [-0.1, -0.05) is 12.1 Å². The van der Waals surface area contributed by atoms with Crippen LogP contribution in [-0.2, 0) is 19.6 Å². The molecule has 0 radical (unpaired) electrons. The number of nitrogens with two attached hydrogens (primary N) is 1. The summed E-state index contributed by atoms with van der Waals surface area (Å²) in [5, 5.41) is 3.12. The summed E-state index contributed by atoms with van der Waals surface area (Å²) in [7, 11) is -2.96. The third kappa shape index (κ3) is 3.46. The van der Waals surface area contributed by atoms with E-state index in [0.29, 0.717) is 18.3 Å². The standard InChI is InChI=1S/C22H30FN3O4S/c1-20(2,26(3)31(29,30)17-7-5-4-6-16(17)23)19(28)25-22-11-14-8-15(12-22)10-21(9-14,13-22)18(24)27/h4-7,14-15H,8-13H2,1-3H3,(H2,24,27)(H,25,28). The minimum atomic E-state index is -4.24. The molecule has 1 aromatic rings. The molecule has 0 aromatic heterocycles. The molecular weight excluding hydrogens is 421 g/mol. The van der Waals surface area contributed by atoms with E-state index in [9.17, 15) is 22.4 Å². The fraction of sp³-hybridized carbons (Fsp3) is 0.636. The smallest absolute Gasteiger partial charge is 0.246 e. The Bertz CT molecular complexity index is 1020. The molecule has 2 unspecified atom stereocenters. The molecule has 0 saturated heterocycles. The van der Waals surface area contributed by atoms with Gasteiger partial charge < -0.3 is 11.1 Å². The van der Waals surface area contributed by atoms with Gasteiger partial charge in [0, 0.05) is 12.6 Å². The van der Waals surface area contributed by atoms with Gasteiger partial charge in [-0.05, 0) is 76.3 Å². The van der Waals surface area contributed by atoms with E-state index in [0.717, 1.165) is 42.5 Å². The van der Waals surface area contributed by atoms with Crippen LogP contribution in [0.25, 0.3) is 0 Å². The summed E-state index contributed by atoms with van der Waals surface area (Å²) in [5.41, 5.74) is 3.16. The molecule has 4 fully saturated rings. The van der Waals surface area contributed by atoms with Crippen molar-refractivity contribution in [2.24, 2.45) is 23.0 Å². The van der Waals surface area contributed by atoms with Crippen LogP contribution in [0.1, 0.15) is 52.4 Å². The van der Waals surface area contributed by atoms with E-state index < -0.39 is 43.1 Å². The number of rotatable bonds is 6. The van der Waals surface area contributed by atoms with E-state index in [2.05, 4.69) is 5.32 Å². The van der Waals surface area contributed by atoms with Crippen LogP contribution in [0.4, 0.5) is 4.39 Å². The maximum atomic E-state index is 14.2. The number of benzene rings is 1. The molecule has 31 heavy (non-hydrogen) atoms. The Morgan fingerprint density at radius 1 is 1.16 bits per heavy atom. The molecule has 5 rings (SSSR count). The number of likely N-dealkylation sites (N-methyl/N-ethyl adjacent to an activating group) is 1. The van der Waals surface area contributed by atoms with Gasteiger partial charge in [-0.15, -0.1) is 0 Å². The molecule has 1 aromatic carbocycles. The van der Waals surface area contributed by atoms with Gasteiger partial charge in [-0.3, -0.25) is 9.59 Å². The van der Waals surface area contributed by atoms with Crippen LogP contribution < -0.4 is 11.1 Å². The number of hydrogen-bond acceptors (Lipinski definition) is 4. The molecule has 0 aliphatic heterocycles. The first-order valence-electron chi connectivity index (χ1n) is 10.7. The number of primary amides is 1. The van der Waals surface area contributed by atoms with Gasteiger partial charge in [0.1, 0.15) is 16.3 Å². The lowest BCUT2D eigenvalue weighted by molar-refractivity contribution is -0.152. The Kier molecular flexibility index (Phi) is 5.01. The van der Waals surface area contributed by atoms with Crippen LogP contribution in [0.5, 0.6) is 0 Å². The predicted molar refractivity (Wildman–Crippen MR) is 113 cm³/mol. The maximum absolute atomic E-state index is 14.2. The summed E-state index contributed by atoms with van der Waals surface area (Å²) in [6, 6.07) is 5.11. The Balaban J connectivity index is 1.59. The largest absolute Gasteiger partial charge is 0.369 e. The lowest BCUT2D eigenvalue weighted by Gasteiger charge is -2.61. The number of amides is 2. The highest BCUT2D eigenvalue weighted by Crippen LogP contribution is 2.61. The SMILES string of the molecule is CN(C(C)(C)C(=O)NC12CC3CC(C1)CC(C(N)=O)(C3)C2)S(=O)(=O)c1ccccc1F. The first-order valence-corrected chi connectivity index (χ1v) is 12.1. The number of hydrogen-bond donors (Lipinski definition) is 2. The third-order valence-electron chi connectivity index (χ3n) is 7.78. The number of carbonyl (C=O) groups excluding carboxylic acids is 2. The van der Waals surface area contributed by atoms with Gasteiger partial charge in [0.25, 0.3) is 0 Å². The first-order chi connectivity index (χ1) is 14.3. The van der Waals surface area contributed by atoms with Gasteiger partial charge in [0.2, 0.25) is 21.8 Å². The molecule has 170 valence electrons. The van der Waals surface area contributed by atoms with E-state index >= 15 is 0 Å². The Morgan fingerprint density at radius 2 is 1.74 bits per heavy atom. The highest BCUT2D eigenvalue weighted by molar-refractivity contribution is 7.89. The third-order valence-corrected chi connectivity index (χ3v) is 9.84. The second kappa shape index (κ2) is 7.00. The number of halogens is 1. The normalized spacial score (nSPS) is 32.3. The van der Waals surface area contributed by atoms with Gasteiger partial charge in [0.15, 0.2) is 0 Å². The van der Waals surface area contributed by atoms with Crippen molar-refractivity contribution in [3.8, 4) is 0 Å². The second-order valence-corrected chi connectivity index (χ2v) is 12.2. The van der Waals surface area contributed by atoms with E-state index in [1.807, 2.05) is 0 Å². The van der Waals surface area contributed by atoms with Gasteiger partial charge in [-0.2, -0.15) is 4.31 Å². The van der Waals surface area contributed by atoms with Crippen LogP contribution in [0.2, 0.25) is 0 Å². The van der Waals surface area contributed by atoms with E-state index in [1.165, 1.54) is 39.1 Å². The molecule has 9 heteroatoms. The molecule has 3 N–H and O–H groups in total. The predicted octanol–water partition coefficient (Wildman–Crippen LogP) is 2.17. The average molecular weight is 452 g/mol. The topological polar surface area (TPSA) is 110 Å². The summed E-state index contributed by atoms with van der Waals surface area (Å²) < 4.78 is 41.2. The van der Waals surface area contributed by atoms with Crippen LogP contribution in [-0.4, -0.2) is 42.7 Å². The highest BCUT2D eigenvalue weighted by Gasteiger charge is 2.61. The van der Waals surface area contributed by atoms with Crippen molar-refractivity contribution in [1.29, 1.82) is 0 Å². The zero-order valence-electron chi connectivity index (χ0n) is 18.2. The van der Waals surface area contributed by atoms with Crippen molar-refractivity contribution in [1.82, 2.24) is 9.62 Å². The fourth-order valence-electron chi connectivity index (χ4n) is 6.34. The Labute approximate surface area is 182 Å². The van der Waals surface area contributed by atoms with E-state index in [4.69, 9.17) is 5.73 Å². The summed E-state index contributed by atoms with van der Waals surface area (Å²) in [5.74, 6) is -0.973. The monoisotopic (exact) mass is 451 g/mol. The zero-order chi connectivity index (χ0) is 22.8. The first kappa shape index (κ1) is 22.2. The van der Waals surface area contributed by atoms with Crippen molar-refractivity contribution in [2.45, 2.75) is 68.3 Å². The summed E-state index contributed by atoms with van der Waals surface area (Å²) in [6.45, 7) is 3.01. The molecule has 7 nitrogen and oxygen atoms in total. The lowest BCUT2D eigenvalue weighted by atomic mass is 9.46. The zero-order valence-corrected chi connectivity index (χ0v) is 19.0. The lowest BCUT2D eigenvalue weighted by Crippen LogP contribution is -2.68. The van der Waals surface area contributed by atoms with Gasteiger partial charge in [-0.25, -0.2) is 12.8 Å². The van der Waals surface area contributed by atoms with Crippen LogP contribution in [0, 0.1) is 23.1 Å². The average Bonchev–Trinajstić information content (AvgIpc) is 2.66. The fourth-order valence-corrected chi connectivity index (χ4v) is 7.88. The molecule has 2 amide bonds. The van der Waals surface area contributed by atoms with E-state index in [-0.39, 0.29) is 5.91 Å². The molecule has 0 spiro atoms.